The van der Waals surface area contributed by atoms with Crippen LogP contribution in [-0.4, -0.2) is 68.5 Å². The first-order valence-corrected chi connectivity index (χ1v) is 11.1. The molecule has 4 rings (SSSR count). The van der Waals surface area contributed by atoms with Gasteiger partial charge in [-0.3, -0.25) is 9.79 Å². The molecule has 174 valence electrons. The molecule has 2 heterocycles. The largest absolute Gasteiger partial charge is 0.496 e. The number of piperazine rings is 1. The molecular weight excluding hydrogens is 519 g/mol. The number of hydrogen-bond donors (Lipinski definition) is 1. The Morgan fingerprint density at radius 1 is 1.09 bits per heavy atom. The highest BCUT2D eigenvalue weighted by Gasteiger charge is 2.38. The molecule has 2 aliphatic rings. The summed E-state index contributed by atoms with van der Waals surface area (Å²) in [7, 11) is 3.57. The van der Waals surface area contributed by atoms with Crippen LogP contribution in [0.15, 0.2) is 52.1 Å². The van der Waals surface area contributed by atoms with Crippen molar-refractivity contribution in [2.75, 3.05) is 46.9 Å². The molecule has 0 atom stereocenters. The predicted octanol–water partition coefficient (Wildman–Crippen LogP) is 3.75. The number of guanidine groups is 1. The smallest absolute Gasteiger partial charge is 0.289 e. The van der Waals surface area contributed by atoms with E-state index in [2.05, 4.69) is 33.4 Å². The number of ether oxygens (including phenoxy) is 1. The lowest BCUT2D eigenvalue weighted by Crippen LogP contribution is -2.55. The zero-order chi connectivity index (χ0) is 21.7. The molecule has 0 radical (unpaired) electrons. The standard InChI is InChI=1S/C24H32N4O3.HI/c1-25-23(28-15-13-27(14-16-28)22(29)21-10-7-17-31-21)26-18-24(11-5-6-12-24)19-8-3-4-9-20(19)30-2;/h3-4,7-10,17H,5-6,11-16,18H2,1-2H3,(H,25,26);1H. The molecule has 1 aromatic heterocycles. The summed E-state index contributed by atoms with van der Waals surface area (Å²) in [5, 5.41) is 3.64. The van der Waals surface area contributed by atoms with Gasteiger partial charge in [0.2, 0.25) is 0 Å². The molecule has 1 aromatic carbocycles. The quantitative estimate of drug-likeness (QED) is 0.348. The van der Waals surface area contributed by atoms with E-state index in [-0.39, 0.29) is 35.3 Å². The van der Waals surface area contributed by atoms with Crippen LogP contribution < -0.4 is 10.1 Å². The highest BCUT2D eigenvalue weighted by molar-refractivity contribution is 14.0. The Morgan fingerprint density at radius 3 is 2.41 bits per heavy atom. The Hall–Kier alpha value is -2.23. The van der Waals surface area contributed by atoms with Crippen molar-refractivity contribution in [1.29, 1.82) is 0 Å². The SMILES string of the molecule is CN=C(NCC1(c2ccccc2OC)CCCC1)N1CCN(C(=O)c2ccco2)CC1.I. The van der Waals surface area contributed by atoms with Gasteiger partial charge < -0.3 is 24.3 Å². The van der Waals surface area contributed by atoms with Crippen LogP contribution in [-0.2, 0) is 5.41 Å². The number of halogens is 1. The second-order valence-electron chi connectivity index (χ2n) is 8.35. The number of amides is 1. The van der Waals surface area contributed by atoms with Gasteiger partial charge in [-0.25, -0.2) is 0 Å². The van der Waals surface area contributed by atoms with Crippen LogP contribution in [0.5, 0.6) is 5.75 Å². The zero-order valence-electron chi connectivity index (χ0n) is 18.9. The molecule has 8 heteroatoms. The van der Waals surface area contributed by atoms with Crippen LogP contribution in [0.3, 0.4) is 0 Å². The van der Waals surface area contributed by atoms with Crippen LogP contribution in [0.1, 0.15) is 41.8 Å². The van der Waals surface area contributed by atoms with Crippen LogP contribution in [0.25, 0.3) is 0 Å². The van der Waals surface area contributed by atoms with Crippen LogP contribution >= 0.6 is 24.0 Å². The topological polar surface area (TPSA) is 70.3 Å². The number of nitrogens with zero attached hydrogens (tertiary/aromatic N) is 3. The van der Waals surface area contributed by atoms with E-state index in [1.54, 1.807) is 19.2 Å². The Balaban J connectivity index is 0.00000289. The first-order valence-electron chi connectivity index (χ1n) is 11.1. The summed E-state index contributed by atoms with van der Waals surface area (Å²) in [6, 6.07) is 11.8. The molecular formula is C24H33IN4O3. The van der Waals surface area contributed by atoms with Crippen molar-refractivity contribution in [2.45, 2.75) is 31.1 Å². The normalized spacial score (nSPS) is 18.2. The molecule has 1 saturated carbocycles. The summed E-state index contributed by atoms with van der Waals surface area (Å²) < 4.78 is 10.9. The maximum absolute atomic E-state index is 12.5. The van der Waals surface area contributed by atoms with Gasteiger partial charge in [-0.05, 0) is 31.0 Å². The number of hydrogen-bond acceptors (Lipinski definition) is 4. The minimum atomic E-state index is -0.0475. The Morgan fingerprint density at radius 2 is 1.78 bits per heavy atom. The van der Waals surface area contributed by atoms with Crippen LogP contribution in [0.2, 0.25) is 0 Å². The fraction of sp³-hybridized carbons (Fsp3) is 0.500. The van der Waals surface area contributed by atoms with Crippen molar-refractivity contribution in [1.82, 2.24) is 15.1 Å². The van der Waals surface area contributed by atoms with E-state index in [1.165, 1.54) is 24.7 Å². The molecule has 0 unspecified atom stereocenters. The number of carbonyl (C=O) groups is 1. The Bertz CT molecular complexity index is 902. The number of benzene rings is 1. The average molecular weight is 552 g/mol. The lowest BCUT2D eigenvalue weighted by atomic mass is 9.78. The number of methoxy groups -OCH3 is 1. The first kappa shape index (κ1) is 24.4. The number of aliphatic imine (C=N–C) groups is 1. The highest BCUT2D eigenvalue weighted by Crippen LogP contribution is 2.44. The van der Waals surface area contributed by atoms with Crippen molar-refractivity contribution in [3.63, 3.8) is 0 Å². The minimum Gasteiger partial charge on any atom is -0.496 e. The van der Waals surface area contributed by atoms with E-state index in [0.29, 0.717) is 18.8 Å². The van der Waals surface area contributed by atoms with Gasteiger partial charge in [0.15, 0.2) is 11.7 Å². The molecule has 32 heavy (non-hydrogen) atoms. The van der Waals surface area contributed by atoms with Gasteiger partial charge in [-0.2, -0.15) is 0 Å². The van der Waals surface area contributed by atoms with Gasteiger partial charge in [0.1, 0.15) is 5.75 Å². The second-order valence-corrected chi connectivity index (χ2v) is 8.35. The number of para-hydroxylation sites is 1. The van der Waals surface area contributed by atoms with Crippen molar-refractivity contribution < 1.29 is 13.9 Å². The lowest BCUT2D eigenvalue weighted by Gasteiger charge is -2.38. The van der Waals surface area contributed by atoms with E-state index in [9.17, 15) is 4.79 Å². The van der Waals surface area contributed by atoms with Crippen LogP contribution in [0.4, 0.5) is 0 Å². The minimum absolute atomic E-state index is 0. The fourth-order valence-electron chi connectivity index (χ4n) is 4.93. The van der Waals surface area contributed by atoms with Crippen molar-refractivity contribution in [3.05, 3.63) is 54.0 Å². The predicted molar refractivity (Wildman–Crippen MR) is 136 cm³/mol. The third kappa shape index (κ3) is 5.05. The number of rotatable bonds is 5. The molecule has 1 aliphatic heterocycles. The molecule has 2 fully saturated rings. The van der Waals surface area contributed by atoms with E-state index >= 15 is 0 Å². The average Bonchev–Trinajstić information content (AvgIpc) is 3.53. The summed E-state index contributed by atoms with van der Waals surface area (Å²) in [4.78, 5) is 21.1. The maximum Gasteiger partial charge on any atom is 0.289 e. The fourth-order valence-corrected chi connectivity index (χ4v) is 4.93. The van der Waals surface area contributed by atoms with Gasteiger partial charge in [-0.1, -0.05) is 31.0 Å². The molecule has 7 nitrogen and oxygen atoms in total. The molecule has 2 aromatic rings. The van der Waals surface area contributed by atoms with E-state index < -0.39 is 0 Å². The summed E-state index contributed by atoms with van der Waals surface area (Å²) in [5.41, 5.74) is 1.34. The molecule has 0 spiro atoms. The summed E-state index contributed by atoms with van der Waals surface area (Å²) in [6.45, 7) is 3.61. The molecule has 1 N–H and O–H groups in total. The summed E-state index contributed by atoms with van der Waals surface area (Å²) in [5.74, 6) is 2.21. The number of furan rings is 1. The first-order chi connectivity index (χ1) is 15.2. The van der Waals surface area contributed by atoms with Crippen LogP contribution in [0, 0.1) is 0 Å². The van der Waals surface area contributed by atoms with E-state index in [1.807, 2.05) is 18.0 Å². The van der Waals surface area contributed by atoms with Crippen molar-refractivity contribution in [2.24, 2.45) is 4.99 Å². The second kappa shape index (κ2) is 11.1. The Labute approximate surface area is 207 Å². The maximum atomic E-state index is 12.5. The van der Waals surface area contributed by atoms with E-state index in [4.69, 9.17) is 9.15 Å². The molecule has 0 bridgehead atoms. The Kier molecular flexibility index (Phi) is 8.44. The van der Waals surface area contributed by atoms with Gasteiger partial charge in [0.25, 0.3) is 5.91 Å². The van der Waals surface area contributed by atoms with Gasteiger partial charge in [0, 0.05) is 50.7 Å². The monoisotopic (exact) mass is 552 g/mol. The lowest BCUT2D eigenvalue weighted by molar-refractivity contribution is 0.0657. The van der Waals surface area contributed by atoms with Crippen molar-refractivity contribution in [3.8, 4) is 5.75 Å². The van der Waals surface area contributed by atoms with E-state index in [0.717, 1.165) is 44.2 Å². The third-order valence-electron chi connectivity index (χ3n) is 6.63. The number of nitrogens with one attached hydrogen (secondary N) is 1. The molecule has 1 saturated heterocycles. The third-order valence-corrected chi connectivity index (χ3v) is 6.63. The van der Waals surface area contributed by atoms with Crippen molar-refractivity contribution >= 4 is 35.8 Å². The summed E-state index contributed by atoms with van der Waals surface area (Å²) in [6.07, 6.45) is 6.28. The molecule has 1 aliphatic carbocycles. The highest BCUT2D eigenvalue weighted by atomic mass is 127. The zero-order valence-corrected chi connectivity index (χ0v) is 21.2. The number of carbonyl (C=O) groups excluding carboxylic acids is 1. The van der Waals surface area contributed by atoms with Gasteiger partial charge in [-0.15, -0.1) is 24.0 Å². The molecule has 1 amide bonds. The van der Waals surface area contributed by atoms with Gasteiger partial charge >= 0.3 is 0 Å². The summed E-state index contributed by atoms with van der Waals surface area (Å²) >= 11 is 0. The van der Waals surface area contributed by atoms with Gasteiger partial charge in [0.05, 0.1) is 13.4 Å².